The highest BCUT2D eigenvalue weighted by Crippen LogP contribution is 2.42. The van der Waals surface area contributed by atoms with E-state index in [1.165, 1.54) is 24.5 Å². The molecular weight excluding hydrogens is 447 g/mol. The fraction of sp³-hybridized carbons (Fsp3) is 0.300. The number of nitrogens with zero attached hydrogens (tertiary/aromatic N) is 6. The van der Waals surface area contributed by atoms with E-state index in [1.807, 2.05) is 13.0 Å². The number of alkyl halides is 2. The number of nitrogens with one attached hydrogen (secondary N) is 1. The first-order valence-electron chi connectivity index (χ1n) is 9.78. The zero-order valence-corrected chi connectivity index (χ0v) is 17.5. The van der Waals surface area contributed by atoms with E-state index >= 15 is 0 Å². The Morgan fingerprint density at radius 2 is 2.16 bits per heavy atom. The number of hydrogen-bond donors (Lipinski definition) is 1. The van der Waals surface area contributed by atoms with E-state index in [2.05, 4.69) is 36.3 Å². The highest BCUT2D eigenvalue weighted by molar-refractivity contribution is 6.30. The van der Waals surface area contributed by atoms with Crippen LogP contribution in [0, 0.1) is 18.7 Å². The van der Waals surface area contributed by atoms with Crippen molar-refractivity contribution in [3.8, 4) is 11.8 Å². The number of rotatable bonds is 7. The van der Waals surface area contributed by atoms with Crippen molar-refractivity contribution in [2.75, 3.05) is 16.8 Å². The Hall–Kier alpha value is -3.34. The molecule has 3 aromatic rings. The van der Waals surface area contributed by atoms with Crippen LogP contribution in [0.5, 0.6) is 11.8 Å². The van der Waals surface area contributed by atoms with E-state index in [-0.39, 0.29) is 34.7 Å². The van der Waals surface area contributed by atoms with Crippen LogP contribution in [-0.4, -0.2) is 43.7 Å². The molecule has 166 valence electrons. The summed E-state index contributed by atoms with van der Waals surface area (Å²) in [5.74, 6) is 0.0191. The number of anilines is 2. The normalized spacial score (nSPS) is 19.2. The lowest BCUT2D eigenvalue weighted by Gasteiger charge is -2.27. The Balaban J connectivity index is 1.36. The van der Waals surface area contributed by atoms with Gasteiger partial charge in [-0.15, -0.1) is 5.10 Å². The fourth-order valence-electron chi connectivity index (χ4n) is 3.76. The van der Waals surface area contributed by atoms with Gasteiger partial charge in [0.25, 0.3) is 6.43 Å². The smallest absolute Gasteiger partial charge is 0.322 e. The molecule has 0 spiro atoms. The van der Waals surface area contributed by atoms with Gasteiger partial charge in [-0.25, -0.2) is 27.8 Å². The number of hydrogen-bond acceptors (Lipinski definition) is 7. The number of ether oxygens (including phenoxy) is 1. The zero-order valence-electron chi connectivity index (χ0n) is 16.7. The molecule has 2 aromatic heterocycles. The van der Waals surface area contributed by atoms with Crippen molar-refractivity contribution >= 4 is 23.4 Å². The van der Waals surface area contributed by atoms with Gasteiger partial charge in [-0.05, 0) is 19.1 Å². The lowest BCUT2D eigenvalue weighted by Crippen LogP contribution is -2.34. The maximum absolute atomic E-state index is 14.2. The van der Waals surface area contributed by atoms with Gasteiger partial charge < -0.3 is 15.0 Å². The predicted molar refractivity (Wildman–Crippen MR) is 111 cm³/mol. The third-order valence-corrected chi connectivity index (χ3v) is 5.55. The number of benzene rings is 1. The minimum absolute atomic E-state index is 0.101. The van der Waals surface area contributed by atoms with E-state index < -0.39 is 18.8 Å². The minimum Gasteiger partial charge on any atom is -0.421 e. The Labute approximate surface area is 185 Å². The molecule has 12 heteroatoms. The van der Waals surface area contributed by atoms with Gasteiger partial charge in [0, 0.05) is 29.9 Å². The molecule has 3 aliphatic rings. The molecule has 0 saturated carbocycles. The molecule has 1 N–H and O–H groups in total. The van der Waals surface area contributed by atoms with E-state index in [1.54, 1.807) is 0 Å². The van der Waals surface area contributed by atoms with Gasteiger partial charge in [0.2, 0.25) is 5.95 Å². The van der Waals surface area contributed by atoms with E-state index in [9.17, 15) is 13.2 Å². The highest BCUT2D eigenvalue weighted by Gasteiger charge is 2.45. The van der Waals surface area contributed by atoms with Crippen molar-refractivity contribution in [3.63, 3.8) is 0 Å². The van der Waals surface area contributed by atoms with Crippen molar-refractivity contribution in [2.45, 2.75) is 25.9 Å². The van der Waals surface area contributed by atoms with Crippen molar-refractivity contribution in [1.29, 1.82) is 0 Å². The second-order valence-electron chi connectivity index (χ2n) is 7.45. The molecule has 2 unspecified atom stereocenters. The SMILES string of the molecule is Cc1cc(N2CC3C=C2C3Nc2nc(Oc3cccc(Cl)c3F)n(CC(F)F)n2)ncn1. The summed E-state index contributed by atoms with van der Waals surface area (Å²) in [7, 11) is 0. The summed E-state index contributed by atoms with van der Waals surface area (Å²) in [5.41, 5.74) is 1.84. The van der Waals surface area contributed by atoms with Gasteiger partial charge >= 0.3 is 6.01 Å². The largest absolute Gasteiger partial charge is 0.421 e. The molecule has 2 aliphatic heterocycles. The van der Waals surface area contributed by atoms with Crippen LogP contribution < -0.4 is 15.0 Å². The molecule has 1 aliphatic carbocycles. The number of aromatic nitrogens is 5. The molecule has 8 nitrogen and oxygen atoms in total. The van der Waals surface area contributed by atoms with Gasteiger partial charge in [-0.1, -0.05) is 23.7 Å². The van der Waals surface area contributed by atoms with Crippen LogP contribution in [0.2, 0.25) is 5.02 Å². The third kappa shape index (κ3) is 3.72. The van der Waals surface area contributed by atoms with E-state index in [0.29, 0.717) is 0 Å². The monoisotopic (exact) mass is 463 g/mol. The number of fused-ring (bicyclic) bond motifs is 1. The lowest BCUT2D eigenvalue weighted by atomic mass is 9.91. The number of halogens is 4. The van der Waals surface area contributed by atoms with E-state index in [4.69, 9.17) is 16.3 Å². The van der Waals surface area contributed by atoms with Crippen LogP contribution in [0.3, 0.4) is 0 Å². The standard InChI is InChI=1S/C20H17ClF3N7O/c1-10-5-16(26-9-25-10)30-7-11-6-13(30)18(11)27-19-28-20(31(29-19)8-15(22)23)32-14-4-2-3-12(21)17(14)24/h2-6,9,11,15,18H,7-8H2,1H3,(H,27,29). The summed E-state index contributed by atoms with van der Waals surface area (Å²) in [5, 5.41) is 7.10. The van der Waals surface area contributed by atoms with Crippen LogP contribution >= 0.6 is 11.6 Å². The zero-order chi connectivity index (χ0) is 22.4. The average molecular weight is 464 g/mol. The Morgan fingerprint density at radius 1 is 1.31 bits per heavy atom. The average Bonchev–Trinajstić information content (AvgIpc) is 3.43. The summed E-state index contributed by atoms with van der Waals surface area (Å²) in [6.07, 6.45) is 0.912. The number of aryl methyl sites for hydroxylation is 1. The highest BCUT2D eigenvalue weighted by atomic mass is 35.5. The molecule has 2 bridgehead atoms. The van der Waals surface area contributed by atoms with Gasteiger partial charge in [-0.3, -0.25) is 0 Å². The molecule has 6 rings (SSSR count). The molecule has 0 radical (unpaired) electrons. The van der Waals surface area contributed by atoms with Crippen LogP contribution in [0.1, 0.15) is 5.69 Å². The van der Waals surface area contributed by atoms with Crippen molar-refractivity contribution in [3.05, 3.63) is 58.9 Å². The molecule has 32 heavy (non-hydrogen) atoms. The first-order valence-corrected chi connectivity index (χ1v) is 10.2. The maximum Gasteiger partial charge on any atom is 0.322 e. The van der Waals surface area contributed by atoms with Gasteiger partial charge in [-0.2, -0.15) is 4.98 Å². The minimum atomic E-state index is -2.70. The Morgan fingerprint density at radius 3 is 2.94 bits per heavy atom. The van der Waals surface area contributed by atoms with Gasteiger partial charge in [0.1, 0.15) is 18.7 Å². The van der Waals surface area contributed by atoms with Crippen LogP contribution in [0.4, 0.5) is 24.9 Å². The van der Waals surface area contributed by atoms with Crippen LogP contribution in [0.15, 0.2) is 42.4 Å². The molecule has 1 fully saturated rings. The van der Waals surface area contributed by atoms with E-state index in [0.717, 1.165) is 28.4 Å². The first-order chi connectivity index (χ1) is 15.4. The third-order valence-electron chi connectivity index (χ3n) is 5.25. The Bertz CT molecular complexity index is 1200. The summed E-state index contributed by atoms with van der Waals surface area (Å²) >= 11 is 5.77. The summed E-state index contributed by atoms with van der Waals surface area (Å²) < 4.78 is 46.6. The van der Waals surface area contributed by atoms with Crippen LogP contribution in [-0.2, 0) is 6.54 Å². The topological polar surface area (TPSA) is 81.0 Å². The van der Waals surface area contributed by atoms with Crippen molar-refractivity contribution < 1.29 is 17.9 Å². The second kappa shape index (κ2) is 7.97. The maximum atomic E-state index is 14.2. The lowest BCUT2D eigenvalue weighted by molar-refractivity contribution is 0.118. The summed E-state index contributed by atoms with van der Waals surface area (Å²) in [4.78, 5) is 14.7. The fourth-order valence-corrected chi connectivity index (χ4v) is 3.93. The quantitative estimate of drug-likeness (QED) is 0.566. The molecule has 1 aromatic carbocycles. The van der Waals surface area contributed by atoms with Crippen LogP contribution in [0.25, 0.3) is 0 Å². The molecule has 4 heterocycles. The van der Waals surface area contributed by atoms with Gasteiger partial charge in [0.05, 0.1) is 11.1 Å². The first kappa shape index (κ1) is 20.6. The van der Waals surface area contributed by atoms with Crippen molar-refractivity contribution in [2.24, 2.45) is 5.92 Å². The predicted octanol–water partition coefficient (Wildman–Crippen LogP) is 4.04. The molecule has 0 amide bonds. The Kier molecular flexibility index (Phi) is 5.12. The summed E-state index contributed by atoms with van der Waals surface area (Å²) in [6, 6.07) is 5.68. The molecule has 2 atom stereocenters. The molecular formula is C20H17ClF3N7O. The summed E-state index contributed by atoms with van der Waals surface area (Å²) in [6.45, 7) is 1.85. The second-order valence-corrected chi connectivity index (χ2v) is 7.86. The van der Waals surface area contributed by atoms with Crippen molar-refractivity contribution in [1.82, 2.24) is 24.7 Å². The van der Waals surface area contributed by atoms with Gasteiger partial charge in [0.15, 0.2) is 11.6 Å². The molecule has 1 saturated heterocycles.